The van der Waals surface area contributed by atoms with E-state index < -0.39 is 0 Å². The van der Waals surface area contributed by atoms with Gasteiger partial charge in [-0.15, -0.1) is 11.3 Å². The van der Waals surface area contributed by atoms with Crippen LogP contribution in [0.2, 0.25) is 0 Å². The molecule has 2 aromatic rings. The minimum atomic E-state index is 0.0614. The first-order valence-electron chi connectivity index (χ1n) is 13.3. The number of carbonyl (C=O) groups excluding carboxylic acids is 1. The summed E-state index contributed by atoms with van der Waals surface area (Å²) in [4.78, 5) is 25.5. The number of likely N-dealkylation sites (N-methyl/N-ethyl adjacent to an activating group) is 1. The van der Waals surface area contributed by atoms with E-state index in [0.29, 0.717) is 12.0 Å². The molecule has 4 aliphatic carbocycles. The highest BCUT2D eigenvalue weighted by Crippen LogP contribution is 2.60. The number of anilines is 1. The number of benzene rings is 1. The number of piperazine rings is 1. The van der Waals surface area contributed by atoms with Crippen molar-refractivity contribution in [1.29, 1.82) is 0 Å². The average molecular weight is 490 g/mol. The Bertz CT molecular complexity index is 1130. The molecule has 5 fully saturated rings. The molecule has 0 atom stereocenters. The fourth-order valence-electron chi connectivity index (χ4n) is 7.81. The van der Waals surface area contributed by atoms with E-state index in [0.717, 1.165) is 66.0 Å². The zero-order chi connectivity index (χ0) is 23.6. The zero-order valence-corrected chi connectivity index (χ0v) is 21.4. The Kier molecular flexibility index (Phi) is 5.21. The summed E-state index contributed by atoms with van der Waals surface area (Å²) >= 11 is 1.74. The van der Waals surface area contributed by atoms with Gasteiger partial charge in [0.1, 0.15) is 10.8 Å². The number of thiazole rings is 1. The minimum absolute atomic E-state index is 0.0614. The van der Waals surface area contributed by atoms with Gasteiger partial charge < -0.3 is 15.1 Å². The normalized spacial score (nSPS) is 33.3. The van der Waals surface area contributed by atoms with Crippen molar-refractivity contribution in [2.45, 2.75) is 50.5 Å². The monoisotopic (exact) mass is 489 g/mol. The van der Waals surface area contributed by atoms with Crippen LogP contribution in [0.4, 0.5) is 5.69 Å². The van der Waals surface area contributed by atoms with Crippen molar-refractivity contribution in [2.24, 2.45) is 17.8 Å². The van der Waals surface area contributed by atoms with Crippen LogP contribution in [-0.4, -0.2) is 58.8 Å². The van der Waals surface area contributed by atoms with Crippen molar-refractivity contribution >= 4 is 22.9 Å². The van der Waals surface area contributed by atoms with Crippen LogP contribution in [0.3, 0.4) is 0 Å². The maximum atomic E-state index is 13.6. The van der Waals surface area contributed by atoms with E-state index in [-0.39, 0.29) is 5.91 Å². The smallest absolute Gasteiger partial charge is 0.261 e. The van der Waals surface area contributed by atoms with Crippen LogP contribution in [0, 0.1) is 17.8 Å². The lowest BCUT2D eigenvalue weighted by molar-refractivity contribution is -0.00700. The summed E-state index contributed by atoms with van der Waals surface area (Å²) in [7, 11) is 2.17. The van der Waals surface area contributed by atoms with Crippen LogP contribution in [0.15, 0.2) is 41.7 Å². The van der Waals surface area contributed by atoms with Gasteiger partial charge in [-0.3, -0.25) is 9.69 Å². The predicted molar refractivity (Wildman–Crippen MR) is 139 cm³/mol. The van der Waals surface area contributed by atoms with E-state index in [2.05, 4.69) is 33.7 Å². The average Bonchev–Trinajstić information content (AvgIpc) is 3.32. The maximum absolute atomic E-state index is 13.6. The van der Waals surface area contributed by atoms with E-state index in [9.17, 15) is 4.79 Å². The number of fused-ring (bicyclic) bond motifs is 1. The molecule has 8 rings (SSSR count). The standard InChI is InChI=1S/C28H35N5OS/c1-31-6-8-32(9-7-31)16-25-29-23-5-3-2-4-22(23)27(34)33(25)17-26-30-24(18-35-26)28-13-19-10-20(14-28)12-21(11-19)15-28/h2-5,16,18-21,29H,6-15,17H2,1H3. The van der Waals surface area contributed by atoms with Crippen molar-refractivity contribution in [3.05, 3.63) is 57.9 Å². The molecular weight excluding hydrogens is 454 g/mol. The largest absolute Gasteiger partial charge is 0.372 e. The first-order valence-corrected chi connectivity index (χ1v) is 14.2. The lowest BCUT2D eigenvalue weighted by Crippen LogP contribution is -2.48. The fourth-order valence-corrected chi connectivity index (χ4v) is 8.71. The van der Waals surface area contributed by atoms with Crippen LogP contribution >= 0.6 is 11.3 Å². The molecule has 184 valence electrons. The number of rotatable bonds is 4. The Morgan fingerprint density at radius 2 is 1.74 bits per heavy atom. The summed E-state index contributed by atoms with van der Waals surface area (Å²) in [6.07, 6.45) is 10.5. The highest BCUT2D eigenvalue weighted by Gasteiger charge is 2.52. The Morgan fingerprint density at radius 1 is 1.06 bits per heavy atom. The quantitative estimate of drug-likeness (QED) is 0.673. The van der Waals surface area contributed by atoms with Gasteiger partial charge in [-0.2, -0.15) is 0 Å². The Morgan fingerprint density at radius 3 is 2.46 bits per heavy atom. The van der Waals surface area contributed by atoms with Crippen molar-refractivity contribution in [2.75, 3.05) is 38.5 Å². The topological polar surface area (TPSA) is 51.7 Å². The summed E-state index contributed by atoms with van der Waals surface area (Å²) in [5, 5.41) is 6.93. The lowest BCUT2D eigenvalue weighted by atomic mass is 9.49. The number of para-hydroxylation sites is 1. The number of amides is 1. The van der Waals surface area contributed by atoms with Crippen LogP contribution in [0.5, 0.6) is 0 Å². The third kappa shape index (κ3) is 3.87. The number of hydrogen-bond donors (Lipinski definition) is 1. The number of hydrogen-bond acceptors (Lipinski definition) is 6. The van der Waals surface area contributed by atoms with Crippen molar-refractivity contribution in [3.63, 3.8) is 0 Å². The molecule has 1 N–H and O–H groups in total. The lowest BCUT2D eigenvalue weighted by Gasteiger charge is -2.56. The third-order valence-corrected chi connectivity index (χ3v) is 10.1. The summed E-state index contributed by atoms with van der Waals surface area (Å²) in [6.45, 7) is 4.54. The van der Waals surface area contributed by atoms with Crippen LogP contribution in [-0.2, 0) is 12.0 Å². The van der Waals surface area contributed by atoms with Gasteiger partial charge in [-0.1, -0.05) is 12.1 Å². The summed E-state index contributed by atoms with van der Waals surface area (Å²) in [5.41, 5.74) is 3.25. The summed E-state index contributed by atoms with van der Waals surface area (Å²) in [5.74, 6) is 3.66. The van der Waals surface area contributed by atoms with Gasteiger partial charge in [0.25, 0.3) is 5.91 Å². The summed E-state index contributed by atoms with van der Waals surface area (Å²) in [6, 6.07) is 7.85. The van der Waals surface area contributed by atoms with Crippen LogP contribution < -0.4 is 5.32 Å². The Balaban J connectivity index is 1.17. The van der Waals surface area contributed by atoms with Gasteiger partial charge in [-0.05, 0) is 75.5 Å². The number of nitrogens with zero attached hydrogens (tertiary/aromatic N) is 4. The first-order chi connectivity index (χ1) is 17.0. The van der Waals surface area contributed by atoms with E-state index in [4.69, 9.17) is 4.98 Å². The molecule has 0 unspecified atom stereocenters. The minimum Gasteiger partial charge on any atom is -0.372 e. The molecule has 7 heteroatoms. The highest BCUT2D eigenvalue weighted by atomic mass is 32.1. The summed E-state index contributed by atoms with van der Waals surface area (Å²) < 4.78 is 0. The molecule has 4 bridgehead atoms. The molecule has 2 aliphatic heterocycles. The maximum Gasteiger partial charge on any atom is 0.261 e. The molecule has 1 aromatic carbocycles. The Hall–Kier alpha value is -2.38. The molecule has 4 saturated carbocycles. The molecule has 1 aromatic heterocycles. The van der Waals surface area contributed by atoms with Crippen molar-refractivity contribution in [3.8, 4) is 0 Å². The van der Waals surface area contributed by atoms with E-state index >= 15 is 0 Å². The van der Waals surface area contributed by atoms with E-state index in [1.165, 1.54) is 44.2 Å². The number of aromatic nitrogens is 1. The van der Waals surface area contributed by atoms with Crippen molar-refractivity contribution < 1.29 is 4.79 Å². The second-order valence-electron chi connectivity index (χ2n) is 11.7. The molecule has 6 aliphatic rings. The van der Waals surface area contributed by atoms with Gasteiger partial charge in [0.2, 0.25) is 0 Å². The number of carbonyl (C=O) groups is 1. The molecule has 0 radical (unpaired) electrons. The van der Waals surface area contributed by atoms with Gasteiger partial charge in [0.05, 0.1) is 23.5 Å². The molecule has 3 heterocycles. The predicted octanol–water partition coefficient (Wildman–Crippen LogP) is 4.73. The van der Waals surface area contributed by atoms with Gasteiger partial charge >= 0.3 is 0 Å². The van der Waals surface area contributed by atoms with E-state index in [1.807, 2.05) is 29.2 Å². The Labute approximate surface area is 212 Å². The third-order valence-electron chi connectivity index (χ3n) is 9.23. The first kappa shape index (κ1) is 21.9. The molecule has 35 heavy (non-hydrogen) atoms. The van der Waals surface area contributed by atoms with Gasteiger partial charge in [-0.25, -0.2) is 4.98 Å². The van der Waals surface area contributed by atoms with Crippen molar-refractivity contribution in [1.82, 2.24) is 19.7 Å². The van der Waals surface area contributed by atoms with Gasteiger partial charge in [0, 0.05) is 43.2 Å². The fraction of sp³-hybridized carbons (Fsp3) is 0.571. The highest BCUT2D eigenvalue weighted by molar-refractivity contribution is 7.09. The second-order valence-corrected chi connectivity index (χ2v) is 12.7. The van der Waals surface area contributed by atoms with Gasteiger partial charge in [0.15, 0.2) is 0 Å². The second kappa shape index (κ2) is 8.34. The zero-order valence-electron chi connectivity index (χ0n) is 20.6. The van der Waals surface area contributed by atoms with E-state index in [1.54, 1.807) is 11.3 Å². The van der Waals surface area contributed by atoms with Crippen LogP contribution in [0.1, 0.15) is 59.6 Å². The SMILES string of the molecule is CN1CCN(C=C2Nc3ccccc3C(=O)N2Cc2nc(C34CC5CC(CC(C5)C3)C4)cs2)CC1. The molecular formula is C28H35N5OS. The number of nitrogens with one attached hydrogen (secondary N) is 1. The molecule has 1 saturated heterocycles. The molecule has 0 spiro atoms. The molecule has 6 nitrogen and oxygen atoms in total. The molecule has 1 amide bonds. The van der Waals surface area contributed by atoms with Crippen LogP contribution in [0.25, 0.3) is 0 Å².